The number of hydrogen-bond donors (Lipinski definition) is 1. The van der Waals surface area contributed by atoms with Crippen LogP contribution in [0.4, 0.5) is 0 Å². The molecule has 8 heteroatoms. The van der Waals surface area contributed by atoms with Gasteiger partial charge in [0.2, 0.25) is 17.1 Å². The smallest absolute Gasteiger partial charge is 0.235 e. The zero-order chi connectivity index (χ0) is 21.8. The van der Waals surface area contributed by atoms with Gasteiger partial charge in [-0.15, -0.1) is 11.6 Å². The van der Waals surface area contributed by atoms with Crippen molar-refractivity contribution in [2.24, 2.45) is 0 Å². The lowest BCUT2D eigenvalue weighted by Crippen LogP contribution is -2.29. The summed E-state index contributed by atoms with van der Waals surface area (Å²) in [4.78, 5) is 24.8. The Kier molecular flexibility index (Phi) is 6.72. The maximum atomic E-state index is 12.7. The second kappa shape index (κ2) is 9.26. The van der Waals surface area contributed by atoms with Gasteiger partial charge in [-0.2, -0.15) is 0 Å². The summed E-state index contributed by atoms with van der Waals surface area (Å²) < 4.78 is 22.0. The van der Waals surface area contributed by atoms with Gasteiger partial charge in [-0.25, -0.2) is 0 Å². The number of carbonyl (C=O) groups excluding carboxylic acids is 1. The van der Waals surface area contributed by atoms with Crippen molar-refractivity contribution in [1.29, 1.82) is 0 Å². The van der Waals surface area contributed by atoms with Gasteiger partial charge in [0.05, 0.1) is 34.5 Å². The predicted molar refractivity (Wildman–Crippen MR) is 114 cm³/mol. The Morgan fingerprint density at radius 1 is 1.03 bits per heavy atom. The Labute approximate surface area is 179 Å². The first-order valence-electron chi connectivity index (χ1n) is 9.38. The van der Waals surface area contributed by atoms with E-state index < -0.39 is 6.04 Å². The van der Waals surface area contributed by atoms with Crippen LogP contribution in [0.3, 0.4) is 0 Å². The molecule has 0 aromatic heterocycles. The molecular weight excluding hydrogens is 410 g/mol. The van der Waals surface area contributed by atoms with Crippen LogP contribution in [0, 0.1) is 0 Å². The number of hydrogen-bond acceptors (Lipinski definition) is 6. The van der Waals surface area contributed by atoms with Crippen molar-refractivity contribution in [2.75, 3.05) is 34.3 Å². The zero-order valence-corrected chi connectivity index (χ0v) is 18.1. The summed E-state index contributed by atoms with van der Waals surface area (Å²) in [5, 5.41) is 2.92. The largest absolute Gasteiger partial charge is 0.493 e. The minimum atomic E-state index is -0.412. The van der Waals surface area contributed by atoms with Gasteiger partial charge in [0.1, 0.15) is 5.88 Å². The Hall–Kier alpha value is -2.93. The molecule has 0 bridgehead atoms. The monoisotopic (exact) mass is 433 g/mol. The number of halogens is 1. The number of carbonyl (C=O) groups is 1. The van der Waals surface area contributed by atoms with E-state index in [1.54, 1.807) is 26.4 Å². The van der Waals surface area contributed by atoms with Gasteiger partial charge >= 0.3 is 0 Å². The number of amides is 1. The summed E-state index contributed by atoms with van der Waals surface area (Å²) >= 11 is 5.71. The SMILES string of the molecule is COc1cc2c(c(OC)c1OC)-c1ccc(OC)c(=O)cc1[C@H](NC(=O)CCl)CC2. The van der Waals surface area contributed by atoms with Crippen molar-refractivity contribution in [3.8, 4) is 34.1 Å². The maximum Gasteiger partial charge on any atom is 0.235 e. The lowest BCUT2D eigenvalue weighted by molar-refractivity contribution is -0.119. The van der Waals surface area contributed by atoms with Gasteiger partial charge in [-0.05, 0) is 47.7 Å². The molecule has 1 N–H and O–H groups in total. The van der Waals surface area contributed by atoms with Crippen molar-refractivity contribution in [1.82, 2.24) is 5.32 Å². The third-order valence-corrected chi connectivity index (χ3v) is 5.42. The molecule has 0 spiro atoms. The van der Waals surface area contributed by atoms with Crippen LogP contribution in [-0.2, 0) is 11.2 Å². The minimum Gasteiger partial charge on any atom is -0.493 e. The summed E-state index contributed by atoms with van der Waals surface area (Å²) in [5.41, 5.74) is 2.84. The van der Waals surface area contributed by atoms with Crippen LogP contribution in [0.25, 0.3) is 11.1 Å². The summed E-state index contributed by atoms with van der Waals surface area (Å²) in [5.74, 6) is 1.21. The van der Waals surface area contributed by atoms with Gasteiger partial charge in [0.25, 0.3) is 0 Å². The third kappa shape index (κ3) is 3.89. The zero-order valence-electron chi connectivity index (χ0n) is 17.3. The van der Waals surface area contributed by atoms with Crippen LogP contribution in [0.1, 0.15) is 23.6 Å². The van der Waals surface area contributed by atoms with E-state index >= 15 is 0 Å². The van der Waals surface area contributed by atoms with Crippen LogP contribution in [0.2, 0.25) is 0 Å². The number of aryl methyl sites for hydroxylation is 1. The van der Waals surface area contributed by atoms with Crippen LogP contribution < -0.4 is 29.7 Å². The van der Waals surface area contributed by atoms with Gasteiger partial charge in [-0.3, -0.25) is 9.59 Å². The molecule has 0 unspecified atom stereocenters. The highest BCUT2D eigenvalue weighted by Crippen LogP contribution is 2.50. The van der Waals surface area contributed by atoms with E-state index in [0.717, 1.165) is 16.7 Å². The van der Waals surface area contributed by atoms with E-state index in [1.807, 2.05) is 6.07 Å². The molecule has 1 amide bonds. The maximum absolute atomic E-state index is 12.7. The van der Waals surface area contributed by atoms with E-state index in [4.69, 9.17) is 30.5 Å². The number of rotatable bonds is 6. The highest BCUT2D eigenvalue weighted by atomic mass is 35.5. The number of benzene rings is 1. The van der Waals surface area contributed by atoms with Crippen molar-refractivity contribution in [3.63, 3.8) is 0 Å². The lowest BCUT2D eigenvalue weighted by Gasteiger charge is -2.19. The standard InChI is InChI=1S/C22H24ClNO6/c1-27-17-8-6-13-14(10-16(17)25)15(24-19(26)11-23)7-5-12-9-18(28-2)21(29-3)22(30-4)20(12)13/h6,8-10,15H,5,7,11H2,1-4H3,(H,24,26)/t15-/m1/s1. The normalized spacial score (nSPS) is 14.6. The quantitative estimate of drug-likeness (QED) is 0.705. The van der Waals surface area contributed by atoms with Crippen LogP contribution in [-0.4, -0.2) is 40.2 Å². The van der Waals surface area contributed by atoms with E-state index in [-0.39, 0.29) is 23.0 Å². The molecule has 0 saturated heterocycles. The molecule has 3 rings (SSSR count). The van der Waals surface area contributed by atoms with E-state index in [1.165, 1.54) is 20.3 Å². The number of methoxy groups -OCH3 is 4. The molecule has 2 aromatic rings. The van der Waals surface area contributed by atoms with E-state index in [9.17, 15) is 9.59 Å². The van der Waals surface area contributed by atoms with Crippen LogP contribution in [0.15, 0.2) is 29.1 Å². The summed E-state index contributed by atoms with van der Waals surface area (Å²) in [6.07, 6.45) is 1.18. The van der Waals surface area contributed by atoms with Gasteiger partial charge < -0.3 is 24.3 Å². The molecule has 30 heavy (non-hydrogen) atoms. The Morgan fingerprint density at radius 3 is 2.33 bits per heavy atom. The van der Waals surface area contributed by atoms with Gasteiger partial charge in [0, 0.05) is 5.56 Å². The highest BCUT2D eigenvalue weighted by molar-refractivity contribution is 6.27. The lowest BCUT2D eigenvalue weighted by atomic mass is 9.95. The molecule has 0 radical (unpaired) electrons. The first kappa shape index (κ1) is 21.8. The van der Waals surface area contributed by atoms with Crippen molar-refractivity contribution >= 4 is 17.5 Å². The number of nitrogens with one attached hydrogen (secondary N) is 1. The molecule has 0 heterocycles. The number of ether oxygens (including phenoxy) is 4. The van der Waals surface area contributed by atoms with Crippen molar-refractivity contribution in [3.05, 3.63) is 45.6 Å². The predicted octanol–water partition coefficient (Wildman–Crippen LogP) is 3.09. The van der Waals surface area contributed by atoms with Crippen LogP contribution >= 0.6 is 11.6 Å². The minimum absolute atomic E-state index is 0.170. The molecular formula is C22H24ClNO6. The highest BCUT2D eigenvalue weighted by Gasteiger charge is 2.29. The van der Waals surface area contributed by atoms with E-state index in [0.29, 0.717) is 35.7 Å². The molecule has 1 atom stereocenters. The molecule has 2 aromatic carbocycles. The second-order valence-electron chi connectivity index (χ2n) is 6.75. The number of fused-ring (bicyclic) bond motifs is 3. The molecule has 7 nitrogen and oxygen atoms in total. The van der Waals surface area contributed by atoms with Crippen LogP contribution in [0.5, 0.6) is 23.0 Å². The summed E-state index contributed by atoms with van der Waals surface area (Å²) in [6, 6.07) is 6.40. The second-order valence-corrected chi connectivity index (χ2v) is 7.02. The topological polar surface area (TPSA) is 83.1 Å². The fraction of sp³-hybridized carbons (Fsp3) is 0.364. The van der Waals surface area contributed by atoms with Gasteiger partial charge in [-0.1, -0.05) is 6.07 Å². The Balaban J connectivity index is 2.38. The summed E-state index contributed by atoms with van der Waals surface area (Å²) in [6.45, 7) is 0. The first-order valence-corrected chi connectivity index (χ1v) is 9.92. The van der Waals surface area contributed by atoms with Gasteiger partial charge in [0.15, 0.2) is 17.2 Å². The molecule has 1 aliphatic rings. The summed E-state index contributed by atoms with van der Waals surface area (Å²) in [7, 11) is 6.10. The Morgan fingerprint density at radius 2 is 1.73 bits per heavy atom. The number of alkyl halides is 1. The molecule has 1 aliphatic carbocycles. The average molecular weight is 434 g/mol. The molecule has 160 valence electrons. The average Bonchev–Trinajstić information content (AvgIpc) is 3.00. The molecule has 0 aliphatic heterocycles. The molecule has 0 saturated carbocycles. The van der Waals surface area contributed by atoms with Crippen molar-refractivity contribution < 1.29 is 23.7 Å². The van der Waals surface area contributed by atoms with Crippen molar-refractivity contribution in [2.45, 2.75) is 18.9 Å². The Bertz CT molecular complexity index is 1020. The fourth-order valence-corrected chi connectivity index (χ4v) is 3.93. The van der Waals surface area contributed by atoms with E-state index in [2.05, 4.69) is 5.32 Å². The fourth-order valence-electron chi connectivity index (χ4n) is 3.85. The third-order valence-electron chi connectivity index (χ3n) is 5.18. The molecule has 0 fully saturated rings. The first-order chi connectivity index (χ1) is 14.5.